The number of hydrogen-bond acceptors (Lipinski definition) is 3. The van der Waals surface area contributed by atoms with E-state index in [2.05, 4.69) is 5.32 Å². The molecule has 0 radical (unpaired) electrons. The lowest BCUT2D eigenvalue weighted by molar-refractivity contribution is -0.151. The molecule has 15 heavy (non-hydrogen) atoms. The van der Waals surface area contributed by atoms with Gasteiger partial charge in [-0.1, -0.05) is 6.42 Å². The molecule has 1 heterocycles. The molecule has 86 valence electrons. The molecule has 0 aromatic heterocycles. The first kappa shape index (κ1) is 10.9. The van der Waals surface area contributed by atoms with Crippen molar-refractivity contribution in [1.29, 1.82) is 0 Å². The number of carbonyl (C=O) groups is 1. The maximum absolute atomic E-state index is 11.4. The summed E-state index contributed by atoms with van der Waals surface area (Å²) in [6.45, 7) is 2.88. The van der Waals surface area contributed by atoms with Gasteiger partial charge in [0.05, 0.1) is 12.5 Å². The fraction of sp³-hybridized carbons (Fsp3) is 0.917. The van der Waals surface area contributed by atoms with Crippen molar-refractivity contribution >= 4 is 5.97 Å². The SMILES string of the molecule is O=C(OCCC1CCCNC1)C1CCC1. The van der Waals surface area contributed by atoms with Crippen LogP contribution in [0.3, 0.4) is 0 Å². The molecule has 3 heteroatoms. The van der Waals surface area contributed by atoms with Gasteiger partial charge in [-0.05, 0) is 51.1 Å². The van der Waals surface area contributed by atoms with Gasteiger partial charge in [-0.2, -0.15) is 0 Å². The molecule has 1 unspecified atom stereocenters. The minimum absolute atomic E-state index is 0.0463. The standard InChI is InChI=1S/C12H21NO2/c14-12(11-4-1-5-11)15-8-6-10-3-2-7-13-9-10/h10-11,13H,1-9H2. The topological polar surface area (TPSA) is 38.3 Å². The maximum Gasteiger partial charge on any atom is 0.308 e. The minimum atomic E-state index is 0.0463. The number of esters is 1. The van der Waals surface area contributed by atoms with Crippen molar-refractivity contribution < 1.29 is 9.53 Å². The minimum Gasteiger partial charge on any atom is -0.465 e. The Balaban J connectivity index is 1.55. The summed E-state index contributed by atoms with van der Waals surface area (Å²) in [7, 11) is 0. The summed E-state index contributed by atoms with van der Waals surface area (Å²) in [6.07, 6.45) is 6.88. The monoisotopic (exact) mass is 211 g/mol. The highest BCUT2D eigenvalue weighted by atomic mass is 16.5. The van der Waals surface area contributed by atoms with Crippen LogP contribution in [0.2, 0.25) is 0 Å². The number of ether oxygens (including phenoxy) is 1. The predicted molar refractivity (Wildman–Crippen MR) is 58.5 cm³/mol. The molecule has 1 aliphatic heterocycles. The van der Waals surface area contributed by atoms with Gasteiger partial charge in [0.1, 0.15) is 0 Å². The third-order valence-electron chi connectivity index (χ3n) is 3.61. The van der Waals surface area contributed by atoms with E-state index < -0.39 is 0 Å². The predicted octanol–water partition coefficient (Wildman–Crippen LogP) is 1.72. The van der Waals surface area contributed by atoms with Crippen LogP contribution >= 0.6 is 0 Å². The normalized spacial score (nSPS) is 27.1. The summed E-state index contributed by atoms with van der Waals surface area (Å²) in [4.78, 5) is 11.4. The number of nitrogens with one attached hydrogen (secondary N) is 1. The van der Waals surface area contributed by atoms with E-state index >= 15 is 0 Å². The Morgan fingerprint density at radius 1 is 1.27 bits per heavy atom. The van der Waals surface area contributed by atoms with E-state index in [0.29, 0.717) is 12.5 Å². The van der Waals surface area contributed by atoms with Gasteiger partial charge in [0.2, 0.25) is 0 Å². The summed E-state index contributed by atoms with van der Waals surface area (Å²) in [5.41, 5.74) is 0. The molecule has 0 aromatic rings. The molecule has 0 bridgehead atoms. The lowest BCUT2D eigenvalue weighted by Crippen LogP contribution is -2.31. The van der Waals surface area contributed by atoms with E-state index in [4.69, 9.17) is 4.74 Å². The van der Waals surface area contributed by atoms with E-state index in [1.807, 2.05) is 0 Å². The Bertz CT molecular complexity index is 208. The molecule has 1 N–H and O–H groups in total. The van der Waals surface area contributed by atoms with Crippen LogP contribution in [0.25, 0.3) is 0 Å². The number of rotatable bonds is 4. The molecule has 0 amide bonds. The fourth-order valence-corrected chi connectivity index (χ4v) is 2.26. The Labute approximate surface area is 91.6 Å². The molecule has 2 fully saturated rings. The Hall–Kier alpha value is -0.570. The highest BCUT2D eigenvalue weighted by Crippen LogP contribution is 2.27. The van der Waals surface area contributed by atoms with Gasteiger partial charge >= 0.3 is 5.97 Å². The van der Waals surface area contributed by atoms with E-state index in [1.165, 1.54) is 19.3 Å². The van der Waals surface area contributed by atoms with Crippen molar-refractivity contribution in [2.24, 2.45) is 11.8 Å². The first-order valence-corrected chi connectivity index (χ1v) is 6.23. The van der Waals surface area contributed by atoms with Gasteiger partial charge in [0.15, 0.2) is 0 Å². The van der Waals surface area contributed by atoms with Crippen molar-refractivity contribution in [3.05, 3.63) is 0 Å². The van der Waals surface area contributed by atoms with E-state index in [0.717, 1.165) is 32.4 Å². The summed E-state index contributed by atoms with van der Waals surface area (Å²) in [6, 6.07) is 0. The number of hydrogen-bond donors (Lipinski definition) is 1. The van der Waals surface area contributed by atoms with Crippen LogP contribution in [0.1, 0.15) is 38.5 Å². The first-order chi connectivity index (χ1) is 7.36. The molecule has 2 aliphatic rings. The van der Waals surface area contributed by atoms with E-state index in [9.17, 15) is 4.79 Å². The Morgan fingerprint density at radius 2 is 2.13 bits per heavy atom. The Kier molecular flexibility index (Phi) is 4.01. The van der Waals surface area contributed by atoms with Crippen LogP contribution < -0.4 is 5.32 Å². The maximum atomic E-state index is 11.4. The summed E-state index contributed by atoms with van der Waals surface area (Å²) >= 11 is 0. The second-order valence-electron chi connectivity index (χ2n) is 4.80. The van der Waals surface area contributed by atoms with Crippen LogP contribution in [0, 0.1) is 11.8 Å². The van der Waals surface area contributed by atoms with Crippen LogP contribution in [0.15, 0.2) is 0 Å². The Morgan fingerprint density at radius 3 is 2.73 bits per heavy atom. The van der Waals surface area contributed by atoms with Gasteiger partial charge in [-0.15, -0.1) is 0 Å². The van der Waals surface area contributed by atoms with Crippen molar-refractivity contribution in [3.8, 4) is 0 Å². The molecule has 1 saturated heterocycles. The molecule has 3 nitrogen and oxygen atoms in total. The van der Waals surface area contributed by atoms with Crippen molar-refractivity contribution in [2.45, 2.75) is 38.5 Å². The summed E-state index contributed by atoms with van der Waals surface area (Å²) in [5, 5.41) is 3.38. The lowest BCUT2D eigenvalue weighted by Gasteiger charge is -2.25. The zero-order valence-electron chi connectivity index (χ0n) is 9.34. The van der Waals surface area contributed by atoms with E-state index in [-0.39, 0.29) is 11.9 Å². The highest BCUT2D eigenvalue weighted by molar-refractivity contribution is 5.73. The zero-order chi connectivity index (χ0) is 10.5. The smallest absolute Gasteiger partial charge is 0.308 e. The lowest BCUT2D eigenvalue weighted by atomic mass is 9.86. The van der Waals surface area contributed by atoms with Gasteiger partial charge in [0.25, 0.3) is 0 Å². The van der Waals surface area contributed by atoms with Crippen molar-refractivity contribution in [3.63, 3.8) is 0 Å². The molecule has 1 saturated carbocycles. The summed E-state index contributed by atoms with van der Waals surface area (Å²) in [5.74, 6) is 0.993. The average Bonchev–Trinajstić information content (AvgIpc) is 2.16. The molecule has 1 aliphatic carbocycles. The van der Waals surface area contributed by atoms with E-state index in [1.54, 1.807) is 0 Å². The van der Waals surface area contributed by atoms with Crippen LogP contribution in [-0.2, 0) is 9.53 Å². The van der Waals surface area contributed by atoms with Crippen molar-refractivity contribution in [2.75, 3.05) is 19.7 Å². The largest absolute Gasteiger partial charge is 0.465 e. The van der Waals surface area contributed by atoms with Crippen LogP contribution in [0.5, 0.6) is 0 Å². The molecule has 0 spiro atoms. The first-order valence-electron chi connectivity index (χ1n) is 6.23. The third-order valence-corrected chi connectivity index (χ3v) is 3.61. The number of carbonyl (C=O) groups excluding carboxylic acids is 1. The number of piperidine rings is 1. The second kappa shape index (κ2) is 5.50. The molecular formula is C12H21NO2. The quantitative estimate of drug-likeness (QED) is 0.720. The third kappa shape index (κ3) is 3.20. The average molecular weight is 211 g/mol. The van der Waals surface area contributed by atoms with Gasteiger partial charge in [0, 0.05) is 0 Å². The van der Waals surface area contributed by atoms with Crippen LogP contribution in [0.4, 0.5) is 0 Å². The molecular weight excluding hydrogens is 190 g/mol. The summed E-state index contributed by atoms with van der Waals surface area (Å²) < 4.78 is 5.28. The zero-order valence-corrected chi connectivity index (χ0v) is 9.34. The van der Waals surface area contributed by atoms with Crippen molar-refractivity contribution in [1.82, 2.24) is 5.32 Å². The van der Waals surface area contributed by atoms with Gasteiger partial charge in [-0.3, -0.25) is 4.79 Å². The fourth-order valence-electron chi connectivity index (χ4n) is 2.26. The molecule has 0 aromatic carbocycles. The second-order valence-corrected chi connectivity index (χ2v) is 4.80. The molecule has 1 atom stereocenters. The molecule has 2 rings (SSSR count). The van der Waals surface area contributed by atoms with Crippen LogP contribution in [-0.4, -0.2) is 25.7 Å². The van der Waals surface area contributed by atoms with Gasteiger partial charge in [-0.25, -0.2) is 0 Å². The van der Waals surface area contributed by atoms with Gasteiger partial charge < -0.3 is 10.1 Å². The highest BCUT2D eigenvalue weighted by Gasteiger charge is 2.26.